The van der Waals surface area contributed by atoms with E-state index in [2.05, 4.69) is 22.8 Å². The minimum atomic E-state index is -0.367. The zero-order valence-corrected chi connectivity index (χ0v) is 15.7. The molecule has 0 fully saturated rings. The molecule has 0 aliphatic rings. The highest BCUT2D eigenvalue weighted by Crippen LogP contribution is 2.16. The highest BCUT2D eigenvalue weighted by atomic mass is 19.1. The lowest BCUT2D eigenvalue weighted by atomic mass is 10.1. The number of rotatable bonds is 8. The molecule has 3 aromatic carbocycles. The molecule has 0 saturated heterocycles. The maximum Gasteiger partial charge on any atom is 0.228 e. The average molecular weight is 378 g/mol. The van der Waals surface area contributed by atoms with Gasteiger partial charge < -0.3 is 15.4 Å². The van der Waals surface area contributed by atoms with Crippen molar-refractivity contribution in [2.24, 2.45) is 0 Å². The lowest BCUT2D eigenvalue weighted by Gasteiger charge is -2.09. The second-order valence-corrected chi connectivity index (χ2v) is 6.42. The summed E-state index contributed by atoms with van der Waals surface area (Å²) in [4.78, 5) is 12.1. The smallest absolute Gasteiger partial charge is 0.228 e. The third-order valence-corrected chi connectivity index (χ3v) is 4.38. The zero-order valence-electron chi connectivity index (χ0n) is 15.7. The van der Waals surface area contributed by atoms with Gasteiger partial charge in [-0.15, -0.1) is 0 Å². The van der Waals surface area contributed by atoms with Crippen molar-refractivity contribution < 1.29 is 13.9 Å². The highest BCUT2D eigenvalue weighted by molar-refractivity contribution is 5.92. The molecule has 1 amide bonds. The van der Waals surface area contributed by atoms with Crippen molar-refractivity contribution in [3.8, 4) is 5.75 Å². The van der Waals surface area contributed by atoms with Crippen molar-refractivity contribution in [1.29, 1.82) is 0 Å². The molecule has 0 radical (unpaired) electrons. The van der Waals surface area contributed by atoms with Crippen LogP contribution in [0.25, 0.3) is 0 Å². The molecule has 4 nitrogen and oxygen atoms in total. The SMILES string of the molecule is COc1ccc(CCNc2ccc(NC(=O)Cc3ccccc3F)cc2)cc1. The number of carbonyl (C=O) groups excluding carboxylic acids is 1. The minimum absolute atomic E-state index is 0.00847. The van der Waals surface area contributed by atoms with Crippen LogP contribution in [-0.2, 0) is 17.6 Å². The summed E-state index contributed by atoms with van der Waals surface area (Å²) in [6.07, 6.45) is 0.902. The van der Waals surface area contributed by atoms with Crippen LogP contribution in [0.5, 0.6) is 5.75 Å². The van der Waals surface area contributed by atoms with Gasteiger partial charge in [-0.2, -0.15) is 0 Å². The van der Waals surface area contributed by atoms with Crippen LogP contribution < -0.4 is 15.4 Å². The summed E-state index contributed by atoms with van der Waals surface area (Å²) in [6, 6.07) is 21.8. The lowest BCUT2D eigenvalue weighted by molar-refractivity contribution is -0.115. The van der Waals surface area contributed by atoms with Gasteiger partial charge in [0.15, 0.2) is 0 Å². The first-order valence-corrected chi connectivity index (χ1v) is 9.14. The third-order valence-electron chi connectivity index (χ3n) is 4.38. The predicted octanol–water partition coefficient (Wildman–Crippen LogP) is 4.67. The summed E-state index contributed by atoms with van der Waals surface area (Å²) in [7, 11) is 1.66. The summed E-state index contributed by atoms with van der Waals surface area (Å²) in [5, 5.41) is 6.15. The minimum Gasteiger partial charge on any atom is -0.497 e. The second-order valence-electron chi connectivity index (χ2n) is 6.42. The van der Waals surface area contributed by atoms with Crippen LogP contribution >= 0.6 is 0 Å². The molecule has 28 heavy (non-hydrogen) atoms. The van der Waals surface area contributed by atoms with E-state index in [-0.39, 0.29) is 18.1 Å². The van der Waals surface area contributed by atoms with Gasteiger partial charge in [-0.05, 0) is 60.0 Å². The van der Waals surface area contributed by atoms with Crippen molar-refractivity contribution in [3.05, 3.63) is 89.7 Å². The van der Waals surface area contributed by atoms with E-state index in [4.69, 9.17) is 4.74 Å². The number of amides is 1. The first-order chi connectivity index (χ1) is 13.6. The number of carbonyl (C=O) groups is 1. The van der Waals surface area contributed by atoms with E-state index in [0.717, 1.165) is 24.4 Å². The summed E-state index contributed by atoms with van der Waals surface area (Å²) >= 11 is 0. The molecule has 0 atom stereocenters. The Labute approximate surface area is 164 Å². The molecule has 2 N–H and O–H groups in total. The molecule has 3 aromatic rings. The normalized spacial score (nSPS) is 10.4. The van der Waals surface area contributed by atoms with Crippen molar-refractivity contribution in [2.45, 2.75) is 12.8 Å². The molecule has 0 unspecified atom stereocenters. The maximum atomic E-state index is 13.6. The van der Waals surface area contributed by atoms with Crippen molar-refractivity contribution >= 4 is 17.3 Å². The Balaban J connectivity index is 1.46. The van der Waals surface area contributed by atoms with Gasteiger partial charge in [-0.25, -0.2) is 4.39 Å². The lowest BCUT2D eigenvalue weighted by Crippen LogP contribution is -2.15. The Morgan fingerprint density at radius 1 is 0.929 bits per heavy atom. The van der Waals surface area contributed by atoms with Gasteiger partial charge in [0, 0.05) is 17.9 Å². The summed E-state index contributed by atoms with van der Waals surface area (Å²) < 4.78 is 18.8. The fourth-order valence-corrected chi connectivity index (χ4v) is 2.83. The van der Waals surface area contributed by atoms with E-state index in [1.807, 2.05) is 36.4 Å². The number of ether oxygens (including phenoxy) is 1. The Kier molecular flexibility index (Phi) is 6.63. The molecule has 0 aliphatic carbocycles. The fourth-order valence-electron chi connectivity index (χ4n) is 2.83. The van der Waals surface area contributed by atoms with E-state index in [0.29, 0.717) is 11.3 Å². The molecule has 0 spiro atoms. The number of nitrogens with one attached hydrogen (secondary N) is 2. The Morgan fingerprint density at radius 2 is 1.61 bits per heavy atom. The monoisotopic (exact) mass is 378 g/mol. The molecule has 0 bridgehead atoms. The molecule has 0 saturated carbocycles. The van der Waals surface area contributed by atoms with E-state index in [1.54, 1.807) is 25.3 Å². The van der Waals surface area contributed by atoms with E-state index >= 15 is 0 Å². The van der Waals surface area contributed by atoms with Crippen molar-refractivity contribution in [3.63, 3.8) is 0 Å². The zero-order chi connectivity index (χ0) is 19.8. The molecule has 3 rings (SSSR count). The number of anilines is 2. The molecule has 144 valence electrons. The van der Waals surface area contributed by atoms with Crippen LogP contribution in [0.1, 0.15) is 11.1 Å². The molecule has 0 aliphatic heterocycles. The maximum absolute atomic E-state index is 13.6. The number of hydrogen-bond acceptors (Lipinski definition) is 3. The van der Waals surface area contributed by atoms with E-state index in [9.17, 15) is 9.18 Å². The van der Waals surface area contributed by atoms with Crippen LogP contribution in [0, 0.1) is 5.82 Å². The summed E-state index contributed by atoms with van der Waals surface area (Å²) in [5.74, 6) is 0.240. The number of halogens is 1. The Bertz CT molecular complexity index is 909. The summed E-state index contributed by atoms with van der Waals surface area (Å²) in [6.45, 7) is 0.797. The van der Waals surface area contributed by atoms with Crippen LogP contribution in [0.2, 0.25) is 0 Å². The number of benzene rings is 3. The van der Waals surface area contributed by atoms with Crippen LogP contribution in [-0.4, -0.2) is 19.6 Å². The molecule has 0 heterocycles. The fraction of sp³-hybridized carbons (Fsp3) is 0.174. The first kappa shape index (κ1) is 19.4. The van der Waals surface area contributed by atoms with Gasteiger partial charge in [-0.1, -0.05) is 30.3 Å². The highest BCUT2D eigenvalue weighted by Gasteiger charge is 2.08. The Hall–Kier alpha value is -3.34. The van der Waals surface area contributed by atoms with Gasteiger partial charge in [0.2, 0.25) is 5.91 Å². The quantitative estimate of drug-likeness (QED) is 0.599. The largest absolute Gasteiger partial charge is 0.497 e. The summed E-state index contributed by atoms with van der Waals surface area (Å²) in [5.41, 5.74) is 3.27. The van der Waals surface area contributed by atoms with Crippen LogP contribution in [0.15, 0.2) is 72.8 Å². The Morgan fingerprint density at radius 3 is 2.29 bits per heavy atom. The van der Waals surface area contributed by atoms with E-state index in [1.165, 1.54) is 11.6 Å². The third kappa shape index (κ3) is 5.58. The van der Waals surface area contributed by atoms with E-state index < -0.39 is 0 Å². The molecule has 0 aromatic heterocycles. The van der Waals surface area contributed by atoms with Crippen LogP contribution in [0.4, 0.5) is 15.8 Å². The van der Waals surface area contributed by atoms with Gasteiger partial charge >= 0.3 is 0 Å². The van der Waals surface area contributed by atoms with Crippen LogP contribution in [0.3, 0.4) is 0 Å². The topological polar surface area (TPSA) is 50.4 Å². The molecule has 5 heteroatoms. The second kappa shape index (κ2) is 9.55. The first-order valence-electron chi connectivity index (χ1n) is 9.14. The number of hydrogen-bond donors (Lipinski definition) is 2. The number of methoxy groups -OCH3 is 1. The van der Waals surface area contributed by atoms with Crippen molar-refractivity contribution in [1.82, 2.24) is 0 Å². The standard InChI is InChI=1S/C23H23FN2O2/c1-28-21-12-6-17(7-13-21)14-15-25-19-8-10-20(11-9-19)26-23(27)16-18-4-2-3-5-22(18)24/h2-13,25H,14-16H2,1H3,(H,26,27). The van der Waals surface area contributed by atoms with Gasteiger partial charge in [0.25, 0.3) is 0 Å². The van der Waals surface area contributed by atoms with Crippen molar-refractivity contribution in [2.75, 3.05) is 24.3 Å². The molecular weight excluding hydrogens is 355 g/mol. The van der Waals surface area contributed by atoms with Gasteiger partial charge in [0.1, 0.15) is 11.6 Å². The molecular formula is C23H23FN2O2. The van der Waals surface area contributed by atoms with Gasteiger partial charge in [0.05, 0.1) is 13.5 Å². The average Bonchev–Trinajstić information content (AvgIpc) is 2.71. The van der Waals surface area contributed by atoms with Gasteiger partial charge in [-0.3, -0.25) is 4.79 Å². The predicted molar refractivity (Wildman–Crippen MR) is 110 cm³/mol.